The van der Waals surface area contributed by atoms with Crippen LogP contribution in [0.1, 0.15) is 25.3 Å². The number of rotatable bonds is 4. The van der Waals surface area contributed by atoms with E-state index in [0.717, 1.165) is 17.6 Å². The fourth-order valence-electron chi connectivity index (χ4n) is 4.00. The molecule has 2 aliphatic rings. The minimum Gasteiger partial charge on any atom is -0.460 e. The minimum absolute atomic E-state index is 0.0455. The molecule has 29 heavy (non-hydrogen) atoms. The highest BCUT2D eigenvalue weighted by molar-refractivity contribution is 6.09. The topological polar surface area (TPSA) is 99.2 Å². The van der Waals surface area contributed by atoms with Gasteiger partial charge in [0, 0.05) is 13.5 Å². The molecule has 154 valence electrons. The van der Waals surface area contributed by atoms with Gasteiger partial charge in [-0.3, -0.25) is 14.4 Å². The number of carbonyl (C=O) groups is 4. The van der Waals surface area contributed by atoms with E-state index in [-0.39, 0.29) is 13.2 Å². The van der Waals surface area contributed by atoms with Crippen LogP contribution in [0.2, 0.25) is 0 Å². The molecular weight excluding hydrogens is 378 g/mol. The molecule has 8 nitrogen and oxygen atoms in total. The van der Waals surface area contributed by atoms with Crippen LogP contribution in [0.25, 0.3) is 0 Å². The molecule has 0 bridgehead atoms. The zero-order chi connectivity index (χ0) is 21.0. The van der Waals surface area contributed by atoms with Crippen LogP contribution >= 0.6 is 0 Å². The molecule has 1 saturated heterocycles. The van der Waals surface area contributed by atoms with Crippen molar-refractivity contribution in [3.05, 3.63) is 48.0 Å². The second-order valence-corrected chi connectivity index (χ2v) is 7.04. The maximum Gasteiger partial charge on any atom is 0.416 e. The Morgan fingerprint density at radius 3 is 2.59 bits per heavy atom. The van der Waals surface area contributed by atoms with Crippen molar-refractivity contribution in [1.29, 1.82) is 0 Å². The zero-order valence-corrected chi connectivity index (χ0v) is 16.3. The Hall–Kier alpha value is -3.16. The molecule has 0 unspecified atom stereocenters. The van der Waals surface area contributed by atoms with Crippen molar-refractivity contribution in [1.82, 2.24) is 4.90 Å². The van der Waals surface area contributed by atoms with E-state index in [2.05, 4.69) is 0 Å². The number of nitrogens with zero attached hydrogens (tertiary/aromatic N) is 1. The lowest BCUT2D eigenvalue weighted by atomic mass is 9.62. The summed E-state index contributed by atoms with van der Waals surface area (Å²) >= 11 is 0. The number of allylic oxidation sites excluding steroid dienone is 1. The predicted molar refractivity (Wildman–Crippen MR) is 100 cm³/mol. The molecular formula is C21H23NO7. The van der Waals surface area contributed by atoms with Gasteiger partial charge < -0.3 is 14.2 Å². The fourth-order valence-corrected chi connectivity index (χ4v) is 4.00. The molecule has 1 aromatic rings. The number of likely N-dealkylation sites (tertiary alicyclic amines) is 1. The number of benzene rings is 1. The summed E-state index contributed by atoms with van der Waals surface area (Å²) in [7, 11) is 1.16. The second kappa shape index (κ2) is 8.46. The molecule has 0 N–H and O–H groups in total. The van der Waals surface area contributed by atoms with Gasteiger partial charge in [0.15, 0.2) is 5.41 Å². The Morgan fingerprint density at radius 2 is 1.93 bits per heavy atom. The highest BCUT2D eigenvalue weighted by atomic mass is 16.6. The first-order chi connectivity index (χ1) is 13.9. The number of imide groups is 1. The van der Waals surface area contributed by atoms with Crippen molar-refractivity contribution < 1.29 is 33.4 Å². The Bertz CT molecular complexity index is 835. The number of methoxy groups -OCH3 is 1. The van der Waals surface area contributed by atoms with Gasteiger partial charge in [0.25, 0.3) is 5.91 Å². The van der Waals surface area contributed by atoms with Gasteiger partial charge in [0.2, 0.25) is 0 Å². The van der Waals surface area contributed by atoms with Crippen LogP contribution < -0.4 is 0 Å². The molecule has 1 heterocycles. The molecule has 1 aliphatic carbocycles. The molecule has 0 spiro atoms. The summed E-state index contributed by atoms with van der Waals surface area (Å²) in [4.78, 5) is 51.5. The first-order valence-corrected chi connectivity index (χ1v) is 9.36. The van der Waals surface area contributed by atoms with Gasteiger partial charge in [0.1, 0.15) is 12.7 Å². The van der Waals surface area contributed by atoms with Crippen LogP contribution in [0.3, 0.4) is 0 Å². The van der Waals surface area contributed by atoms with Crippen LogP contribution in [0.4, 0.5) is 4.79 Å². The van der Waals surface area contributed by atoms with Crippen LogP contribution in [-0.4, -0.2) is 48.6 Å². The molecule has 2 amide bonds. The molecule has 0 saturated carbocycles. The molecule has 1 fully saturated rings. The first-order valence-electron chi connectivity index (χ1n) is 9.36. The third-order valence-electron chi connectivity index (χ3n) is 5.36. The average Bonchev–Trinajstić information content (AvgIpc) is 2.72. The number of amides is 2. The van der Waals surface area contributed by atoms with Gasteiger partial charge in [-0.25, -0.2) is 9.69 Å². The molecule has 3 atom stereocenters. The molecule has 0 aromatic heterocycles. The summed E-state index contributed by atoms with van der Waals surface area (Å²) in [6, 6.07) is 9.02. The molecule has 0 radical (unpaired) electrons. The summed E-state index contributed by atoms with van der Waals surface area (Å²) in [5.74, 6) is -2.69. The van der Waals surface area contributed by atoms with Gasteiger partial charge >= 0.3 is 18.0 Å². The van der Waals surface area contributed by atoms with E-state index in [1.807, 2.05) is 6.07 Å². The molecule has 8 heteroatoms. The number of hydrogen-bond donors (Lipinski definition) is 0. The van der Waals surface area contributed by atoms with Crippen LogP contribution in [-0.2, 0) is 35.2 Å². The molecule has 1 aromatic carbocycles. The Kier molecular flexibility index (Phi) is 6.00. The Balaban J connectivity index is 1.99. The lowest BCUT2D eigenvalue weighted by molar-refractivity contribution is -0.188. The number of carbonyl (C=O) groups excluding carboxylic acids is 4. The molecule has 1 aliphatic heterocycles. The summed E-state index contributed by atoms with van der Waals surface area (Å²) < 4.78 is 15.5. The lowest BCUT2D eigenvalue weighted by Crippen LogP contribution is -2.65. The van der Waals surface area contributed by atoms with Crippen molar-refractivity contribution in [2.45, 2.75) is 32.5 Å². The number of ether oxygens (including phenoxy) is 3. The van der Waals surface area contributed by atoms with E-state index in [1.54, 1.807) is 30.3 Å². The van der Waals surface area contributed by atoms with E-state index in [9.17, 15) is 19.2 Å². The highest BCUT2D eigenvalue weighted by Gasteiger charge is 2.64. The van der Waals surface area contributed by atoms with Crippen molar-refractivity contribution in [2.24, 2.45) is 11.3 Å². The highest BCUT2D eigenvalue weighted by Crippen LogP contribution is 2.47. The van der Waals surface area contributed by atoms with Crippen molar-refractivity contribution in [2.75, 3.05) is 13.7 Å². The van der Waals surface area contributed by atoms with Crippen LogP contribution in [0, 0.1) is 11.3 Å². The second-order valence-electron chi connectivity index (χ2n) is 7.04. The smallest absolute Gasteiger partial charge is 0.416 e. The zero-order valence-electron chi connectivity index (χ0n) is 16.3. The van der Waals surface area contributed by atoms with Gasteiger partial charge in [0.05, 0.1) is 7.11 Å². The largest absolute Gasteiger partial charge is 0.460 e. The van der Waals surface area contributed by atoms with Gasteiger partial charge in [-0.05, 0) is 30.4 Å². The quantitative estimate of drug-likeness (QED) is 0.330. The third-order valence-corrected chi connectivity index (χ3v) is 5.36. The van der Waals surface area contributed by atoms with Crippen molar-refractivity contribution in [3.63, 3.8) is 0 Å². The van der Waals surface area contributed by atoms with Gasteiger partial charge in [-0.2, -0.15) is 0 Å². The number of hydrogen-bond acceptors (Lipinski definition) is 7. The average molecular weight is 401 g/mol. The summed E-state index contributed by atoms with van der Waals surface area (Å²) in [6.45, 7) is 1.27. The normalized spacial score (nSPS) is 25.7. The van der Waals surface area contributed by atoms with E-state index in [0.29, 0.717) is 12.8 Å². The Morgan fingerprint density at radius 1 is 1.21 bits per heavy atom. The number of piperidine rings is 1. The van der Waals surface area contributed by atoms with E-state index < -0.39 is 41.4 Å². The molecule has 3 rings (SSSR count). The predicted octanol–water partition coefficient (Wildman–Crippen LogP) is 2.22. The number of esters is 2. The summed E-state index contributed by atoms with van der Waals surface area (Å²) in [6.07, 6.45) is 2.06. The summed E-state index contributed by atoms with van der Waals surface area (Å²) in [5, 5.41) is 0. The van der Waals surface area contributed by atoms with Gasteiger partial charge in [-0.15, -0.1) is 0 Å². The van der Waals surface area contributed by atoms with E-state index in [4.69, 9.17) is 14.2 Å². The minimum atomic E-state index is -1.83. The SMILES string of the molecule is COC(=O)N1CC[C@@H]2CC=C[C@@H](OC(C)=O)[C@]2(C(=O)OCc2ccccc2)C1=O. The van der Waals surface area contributed by atoms with E-state index in [1.165, 1.54) is 13.0 Å². The van der Waals surface area contributed by atoms with Crippen molar-refractivity contribution in [3.8, 4) is 0 Å². The third kappa shape index (κ3) is 3.74. The van der Waals surface area contributed by atoms with Crippen molar-refractivity contribution >= 4 is 23.9 Å². The van der Waals surface area contributed by atoms with Crippen LogP contribution in [0.5, 0.6) is 0 Å². The fraction of sp³-hybridized carbons (Fsp3) is 0.429. The number of fused-ring (bicyclic) bond motifs is 1. The monoisotopic (exact) mass is 401 g/mol. The summed E-state index contributed by atoms with van der Waals surface area (Å²) in [5.41, 5.74) is -1.08. The van der Waals surface area contributed by atoms with Gasteiger partial charge in [-0.1, -0.05) is 36.4 Å². The first kappa shape index (κ1) is 20.6. The van der Waals surface area contributed by atoms with Crippen LogP contribution in [0.15, 0.2) is 42.5 Å². The van der Waals surface area contributed by atoms with E-state index >= 15 is 0 Å². The standard InChI is InChI=1S/C21H23NO7/c1-14(23)29-17-10-6-9-16-11-12-22(20(26)27-2)18(24)21(16,17)19(25)28-13-15-7-4-3-5-8-15/h3-8,10,16-17H,9,11-13H2,1-2H3/t16-,17+,21-/m0/s1. The Labute approximate surface area is 168 Å². The maximum atomic E-state index is 13.4. The maximum absolute atomic E-state index is 13.4. The lowest BCUT2D eigenvalue weighted by Gasteiger charge is -2.47.